The zero-order chi connectivity index (χ0) is 16.1. The quantitative estimate of drug-likeness (QED) is 0.593. The number of allylic oxidation sites excluding steroid dienone is 2. The molecule has 1 aliphatic heterocycles. The van der Waals surface area contributed by atoms with Gasteiger partial charge < -0.3 is 4.74 Å². The average molecular weight is 306 g/mol. The summed E-state index contributed by atoms with van der Waals surface area (Å²) < 4.78 is 5.65. The second kappa shape index (κ2) is 5.34. The van der Waals surface area contributed by atoms with Crippen molar-refractivity contribution in [3.8, 4) is 0 Å². The number of fused-ring (bicyclic) bond motifs is 2. The van der Waals surface area contributed by atoms with Crippen LogP contribution in [0.2, 0.25) is 0 Å². The van der Waals surface area contributed by atoms with E-state index < -0.39 is 11.1 Å². The molecule has 0 aromatic rings. The summed E-state index contributed by atoms with van der Waals surface area (Å²) in [6.07, 6.45) is 8.14. The molecule has 0 unspecified atom stereocenters. The van der Waals surface area contributed by atoms with Gasteiger partial charge in [0, 0.05) is 11.1 Å². The normalized spacial score (nSPS) is 36.7. The highest BCUT2D eigenvalue weighted by molar-refractivity contribution is 5.73. The van der Waals surface area contributed by atoms with Crippen molar-refractivity contribution in [2.24, 2.45) is 23.7 Å². The number of rotatable bonds is 3. The summed E-state index contributed by atoms with van der Waals surface area (Å²) in [5.41, 5.74) is -1.03. The molecule has 1 saturated carbocycles. The van der Waals surface area contributed by atoms with Gasteiger partial charge >= 0.3 is 5.97 Å². The number of ether oxygens (including phenoxy) is 1. The van der Waals surface area contributed by atoms with Gasteiger partial charge in [-0.1, -0.05) is 12.2 Å². The maximum Gasteiger partial charge on any atom is 0.309 e. The van der Waals surface area contributed by atoms with E-state index in [1.807, 2.05) is 27.7 Å². The van der Waals surface area contributed by atoms with E-state index in [1.54, 1.807) is 0 Å². The van der Waals surface area contributed by atoms with Crippen LogP contribution in [0.15, 0.2) is 12.2 Å². The SMILES string of the molecule is CC1(C)CC(C(=O)OC[C@@H]2C[C@@H]3C=C[C@H]2C3)CC(C)(C)N1[O]. The third kappa shape index (κ3) is 2.83. The summed E-state index contributed by atoms with van der Waals surface area (Å²) in [5, 5.41) is 13.5. The molecule has 0 N–H and O–H groups in total. The molecule has 0 aromatic carbocycles. The summed E-state index contributed by atoms with van der Waals surface area (Å²) in [7, 11) is 0. The van der Waals surface area contributed by atoms with E-state index in [4.69, 9.17) is 4.74 Å². The summed E-state index contributed by atoms with van der Waals surface area (Å²) in [4.78, 5) is 12.5. The van der Waals surface area contributed by atoms with Crippen LogP contribution in [0.25, 0.3) is 0 Å². The van der Waals surface area contributed by atoms with Crippen LogP contribution in [0.1, 0.15) is 53.4 Å². The van der Waals surface area contributed by atoms with Crippen molar-refractivity contribution in [2.45, 2.75) is 64.5 Å². The minimum Gasteiger partial charge on any atom is -0.465 e. The van der Waals surface area contributed by atoms with Crippen molar-refractivity contribution in [1.82, 2.24) is 5.06 Å². The summed E-state index contributed by atoms with van der Waals surface area (Å²) >= 11 is 0. The highest BCUT2D eigenvalue weighted by atomic mass is 16.5. The molecule has 2 bridgehead atoms. The average Bonchev–Trinajstić information content (AvgIpc) is 3.03. The third-order valence-electron chi connectivity index (χ3n) is 5.78. The number of carbonyl (C=O) groups excluding carboxylic acids is 1. The molecule has 1 radical (unpaired) electrons. The number of hydroxylamine groups is 2. The third-order valence-corrected chi connectivity index (χ3v) is 5.78. The molecule has 3 atom stereocenters. The van der Waals surface area contributed by atoms with Gasteiger partial charge in [0.25, 0.3) is 0 Å². The van der Waals surface area contributed by atoms with Gasteiger partial charge in [0.15, 0.2) is 0 Å². The number of piperidine rings is 1. The molecule has 1 heterocycles. The largest absolute Gasteiger partial charge is 0.465 e. The van der Waals surface area contributed by atoms with Crippen LogP contribution >= 0.6 is 0 Å². The van der Waals surface area contributed by atoms with Crippen molar-refractivity contribution < 1.29 is 14.7 Å². The lowest BCUT2D eigenvalue weighted by Crippen LogP contribution is -2.59. The Morgan fingerprint density at radius 1 is 1.14 bits per heavy atom. The van der Waals surface area contributed by atoms with Crippen LogP contribution in [-0.2, 0) is 14.7 Å². The Labute approximate surface area is 133 Å². The molecule has 3 rings (SSSR count). The molecule has 2 aliphatic carbocycles. The van der Waals surface area contributed by atoms with Crippen molar-refractivity contribution >= 4 is 5.97 Å². The monoisotopic (exact) mass is 306 g/mol. The highest BCUT2D eigenvalue weighted by Gasteiger charge is 2.48. The van der Waals surface area contributed by atoms with Gasteiger partial charge in [-0.25, -0.2) is 0 Å². The minimum absolute atomic E-state index is 0.110. The molecule has 123 valence electrons. The maximum absolute atomic E-state index is 12.5. The van der Waals surface area contributed by atoms with Crippen molar-refractivity contribution in [2.75, 3.05) is 6.61 Å². The van der Waals surface area contributed by atoms with Crippen LogP contribution < -0.4 is 0 Å². The van der Waals surface area contributed by atoms with Crippen LogP contribution in [0.4, 0.5) is 0 Å². The molecular weight excluding hydrogens is 278 g/mol. The van der Waals surface area contributed by atoms with E-state index in [1.165, 1.54) is 6.42 Å². The first-order valence-electron chi connectivity index (χ1n) is 8.51. The Bertz CT molecular complexity index is 465. The number of hydrogen-bond donors (Lipinski definition) is 0. The second-order valence-electron chi connectivity index (χ2n) is 8.69. The number of hydrogen-bond acceptors (Lipinski definition) is 3. The highest BCUT2D eigenvalue weighted by Crippen LogP contribution is 2.44. The fourth-order valence-corrected chi connectivity index (χ4v) is 4.82. The van der Waals surface area contributed by atoms with Gasteiger partial charge in [0.2, 0.25) is 0 Å². The topological polar surface area (TPSA) is 49.4 Å². The second-order valence-corrected chi connectivity index (χ2v) is 8.69. The molecule has 4 nitrogen and oxygen atoms in total. The molecule has 4 heteroatoms. The number of esters is 1. The lowest BCUT2D eigenvalue weighted by Gasteiger charge is -2.49. The molecule has 22 heavy (non-hydrogen) atoms. The summed E-state index contributed by atoms with van der Waals surface area (Å²) in [6, 6.07) is 0. The van der Waals surface area contributed by atoms with Gasteiger partial charge in [-0.2, -0.15) is 0 Å². The predicted octanol–water partition coefficient (Wildman–Crippen LogP) is 3.36. The molecule has 2 fully saturated rings. The first kappa shape index (κ1) is 16.0. The number of carbonyl (C=O) groups is 1. The van der Waals surface area contributed by atoms with Gasteiger partial charge in [-0.05, 0) is 71.1 Å². The van der Waals surface area contributed by atoms with E-state index in [-0.39, 0.29) is 11.9 Å². The van der Waals surface area contributed by atoms with E-state index in [0.29, 0.717) is 37.2 Å². The first-order chi connectivity index (χ1) is 10.2. The van der Waals surface area contributed by atoms with Gasteiger partial charge in [0.1, 0.15) is 0 Å². The lowest BCUT2D eigenvalue weighted by atomic mass is 9.75. The predicted molar refractivity (Wildman–Crippen MR) is 83.2 cm³/mol. The van der Waals surface area contributed by atoms with Gasteiger partial charge in [-0.15, -0.1) is 10.3 Å². The summed E-state index contributed by atoms with van der Waals surface area (Å²) in [5.74, 6) is 1.54. The molecule has 0 spiro atoms. The molecule has 3 aliphatic rings. The molecule has 1 saturated heterocycles. The Morgan fingerprint density at radius 2 is 1.77 bits per heavy atom. The zero-order valence-corrected chi connectivity index (χ0v) is 14.2. The molecule has 0 amide bonds. The van der Waals surface area contributed by atoms with E-state index in [2.05, 4.69) is 12.2 Å². The summed E-state index contributed by atoms with van der Waals surface area (Å²) in [6.45, 7) is 8.22. The van der Waals surface area contributed by atoms with E-state index in [9.17, 15) is 10.0 Å². The molecule has 0 aromatic heterocycles. The maximum atomic E-state index is 12.5. The lowest BCUT2D eigenvalue weighted by molar-refractivity contribution is -0.293. The Kier molecular flexibility index (Phi) is 3.89. The van der Waals surface area contributed by atoms with Gasteiger partial charge in [0.05, 0.1) is 12.5 Å². The van der Waals surface area contributed by atoms with E-state index in [0.717, 1.165) is 11.5 Å². The first-order valence-corrected chi connectivity index (χ1v) is 8.51. The molecular formula is C18H28NO3. The fourth-order valence-electron chi connectivity index (χ4n) is 4.82. The minimum atomic E-state index is -0.513. The van der Waals surface area contributed by atoms with Crippen LogP contribution in [0.3, 0.4) is 0 Å². The number of nitrogens with zero attached hydrogens (tertiary/aromatic N) is 1. The van der Waals surface area contributed by atoms with E-state index >= 15 is 0 Å². The zero-order valence-electron chi connectivity index (χ0n) is 14.2. The van der Waals surface area contributed by atoms with Crippen molar-refractivity contribution in [3.05, 3.63) is 12.2 Å². The van der Waals surface area contributed by atoms with Crippen molar-refractivity contribution in [1.29, 1.82) is 0 Å². The Balaban J connectivity index is 1.57. The smallest absolute Gasteiger partial charge is 0.309 e. The van der Waals surface area contributed by atoms with Gasteiger partial charge in [-0.3, -0.25) is 4.79 Å². The Hall–Kier alpha value is -0.870. The van der Waals surface area contributed by atoms with Crippen LogP contribution in [0.5, 0.6) is 0 Å². The standard InChI is InChI=1S/C18H28NO3/c1-17(2)9-15(10-18(3,4)19(17)21)16(20)22-11-14-8-12-5-6-13(14)7-12/h5-6,12-15H,7-11H2,1-4H3/t12-,13+,14+/m1/s1. The fraction of sp³-hybridized carbons (Fsp3) is 0.833. The Morgan fingerprint density at radius 3 is 2.27 bits per heavy atom. The van der Waals surface area contributed by atoms with Crippen LogP contribution in [0, 0.1) is 23.7 Å². The van der Waals surface area contributed by atoms with Crippen LogP contribution in [-0.4, -0.2) is 28.7 Å². The van der Waals surface area contributed by atoms with Crippen molar-refractivity contribution in [3.63, 3.8) is 0 Å².